The van der Waals surface area contributed by atoms with Gasteiger partial charge in [-0.2, -0.15) is 0 Å². The summed E-state index contributed by atoms with van der Waals surface area (Å²) in [6, 6.07) is 0. The van der Waals surface area contributed by atoms with Gasteiger partial charge in [-0.25, -0.2) is 0 Å². The lowest BCUT2D eigenvalue weighted by atomic mass is 9.67. The standard InChI is InChI=1S/C45H78N6O6S2/c1-30(52)56-36-14-12-33-24-34(41(55)42-37(33)15-13-32-9-8-11-38(32)57-42)28-51-29-44(27-40(51)54,26-31-16-20-48-39(46)23-31)19-21-49-43(47)50-45(17-5-6-18-45)59-58-22-7-3-2-4-10-35(53)25-36/h31-39,41-42,48,53,55H,2-29,46H2,1H3,(H3,47,49,50)/p+2. The van der Waals surface area contributed by atoms with Crippen molar-refractivity contribution >= 4 is 39.4 Å². The van der Waals surface area contributed by atoms with Crippen LogP contribution < -0.4 is 27.1 Å². The van der Waals surface area contributed by atoms with Crippen LogP contribution in [0.25, 0.3) is 0 Å². The molecule has 12 nitrogen and oxygen atoms in total. The fourth-order valence-corrected chi connectivity index (χ4v) is 15.9. The number of esters is 1. The Morgan fingerprint density at radius 2 is 1.76 bits per heavy atom. The molecule has 4 heterocycles. The molecule has 7 rings (SSSR count). The molecule has 0 aromatic heterocycles. The number of fused-ring (bicyclic) bond motifs is 7. The van der Waals surface area contributed by atoms with Crippen LogP contribution >= 0.6 is 21.6 Å². The highest BCUT2D eigenvalue weighted by Crippen LogP contribution is 2.49. The molecule has 59 heavy (non-hydrogen) atoms. The van der Waals surface area contributed by atoms with E-state index in [0.717, 1.165) is 109 Å². The van der Waals surface area contributed by atoms with Crippen LogP contribution in [0.4, 0.5) is 0 Å². The van der Waals surface area contributed by atoms with Crippen molar-refractivity contribution < 1.29 is 39.6 Å². The van der Waals surface area contributed by atoms with E-state index in [1.54, 1.807) is 0 Å². The second-order valence-corrected chi connectivity index (χ2v) is 23.1. The van der Waals surface area contributed by atoms with Crippen LogP contribution in [0.1, 0.15) is 155 Å². The molecule has 4 bridgehead atoms. The third-order valence-corrected chi connectivity index (χ3v) is 18.9. The van der Waals surface area contributed by atoms with E-state index in [-0.39, 0.29) is 64.4 Å². The van der Waals surface area contributed by atoms with Crippen LogP contribution in [0.2, 0.25) is 0 Å². The van der Waals surface area contributed by atoms with Crippen molar-refractivity contribution in [3.05, 3.63) is 0 Å². The first-order chi connectivity index (χ1) is 28.5. The average molecular weight is 865 g/mol. The molecule has 3 saturated heterocycles. The molecular weight excluding hydrogens is 785 g/mol. The van der Waals surface area contributed by atoms with Crippen molar-refractivity contribution in [2.45, 2.75) is 196 Å². The van der Waals surface area contributed by atoms with Gasteiger partial charge in [-0.1, -0.05) is 36.5 Å². The number of hydrogen-bond donors (Lipinski definition) is 7. The smallest absolute Gasteiger partial charge is 0.342 e. The number of nitrogens with two attached hydrogens (primary N) is 3. The maximum atomic E-state index is 14.3. The summed E-state index contributed by atoms with van der Waals surface area (Å²) in [5, 5.41) is 29.4. The highest BCUT2D eigenvalue weighted by Gasteiger charge is 2.51. The largest absolute Gasteiger partial charge is 0.462 e. The van der Waals surface area contributed by atoms with Gasteiger partial charge in [-0.15, -0.1) is 0 Å². The number of piperidine rings is 1. The van der Waals surface area contributed by atoms with Crippen molar-refractivity contribution in [2.24, 2.45) is 46.5 Å². The summed E-state index contributed by atoms with van der Waals surface area (Å²) in [5.74, 6) is 3.05. The van der Waals surface area contributed by atoms with Crippen LogP contribution in [-0.2, 0) is 19.1 Å². The summed E-state index contributed by atoms with van der Waals surface area (Å²) in [5.41, 5.74) is 13.0. The maximum absolute atomic E-state index is 14.3. The molecule has 12 unspecified atom stereocenters. The number of hydrogen-bond acceptors (Lipinski definition) is 11. The molecule has 0 aromatic rings. The minimum absolute atomic E-state index is 0.0701. The topological polar surface area (TPSA) is 191 Å². The molecule has 4 aliphatic heterocycles. The molecule has 10 N–H and O–H groups in total. The van der Waals surface area contributed by atoms with Crippen LogP contribution in [-0.4, -0.2) is 106 Å². The zero-order valence-electron chi connectivity index (χ0n) is 36.2. The molecule has 12 atom stereocenters. The number of guanidine groups is 1. The monoisotopic (exact) mass is 865 g/mol. The number of rotatable bonds is 3. The second kappa shape index (κ2) is 21.4. The number of aliphatic hydroxyl groups excluding tert-OH is 2. The Kier molecular flexibility index (Phi) is 16.6. The number of aliphatic hydroxyl groups is 2. The van der Waals surface area contributed by atoms with Gasteiger partial charge in [0.1, 0.15) is 17.1 Å². The molecule has 1 spiro atoms. The van der Waals surface area contributed by atoms with Crippen molar-refractivity contribution in [2.75, 3.05) is 31.9 Å². The van der Waals surface area contributed by atoms with Gasteiger partial charge in [0, 0.05) is 50.9 Å². The van der Waals surface area contributed by atoms with Gasteiger partial charge >= 0.3 is 11.9 Å². The summed E-state index contributed by atoms with van der Waals surface area (Å²) in [6.45, 7) is 4.42. The Morgan fingerprint density at radius 1 is 0.949 bits per heavy atom. The normalized spacial score (nSPS) is 40.9. The highest BCUT2D eigenvalue weighted by atomic mass is 33.1. The Hall–Kier alpha value is -1.29. The predicted octanol–water partition coefficient (Wildman–Crippen LogP) is 3.27. The predicted molar refractivity (Wildman–Crippen MR) is 235 cm³/mol. The van der Waals surface area contributed by atoms with Gasteiger partial charge in [0.05, 0.1) is 37.5 Å². The number of quaternary nitrogens is 1. The third kappa shape index (κ3) is 12.5. The summed E-state index contributed by atoms with van der Waals surface area (Å²) in [4.78, 5) is 32.2. The number of amides is 1. The molecule has 7 aliphatic rings. The highest BCUT2D eigenvalue weighted by molar-refractivity contribution is 8.77. The fourth-order valence-electron chi connectivity index (χ4n) is 12.7. The zero-order chi connectivity index (χ0) is 41.4. The van der Waals surface area contributed by atoms with Gasteiger partial charge in [0.25, 0.3) is 0 Å². The summed E-state index contributed by atoms with van der Waals surface area (Å²) in [7, 11) is 3.89. The van der Waals surface area contributed by atoms with Crippen molar-refractivity contribution in [3.63, 3.8) is 0 Å². The van der Waals surface area contributed by atoms with Gasteiger partial charge in [0.2, 0.25) is 5.91 Å². The fraction of sp³-hybridized carbons (Fsp3) is 0.933. The lowest BCUT2D eigenvalue weighted by Gasteiger charge is -2.46. The van der Waals surface area contributed by atoms with E-state index in [4.69, 9.17) is 20.9 Å². The van der Waals surface area contributed by atoms with Crippen molar-refractivity contribution in [1.82, 2.24) is 10.2 Å². The first-order valence-corrected chi connectivity index (χ1v) is 26.3. The van der Waals surface area contributed by atoms with Gasteiger partial charge in [-0.3, -0.25) is 31.4 Å². The van der Waals surface area contributed by atoms with Crippen LogP contribution in [0, 0.1) is 35.0 Å². The SMILES string of the molecule is CC(=O)OC1CCC2CC(CN3CC(CC4CC[NH2+]C(N)C4)(CC[NH+]=C(N)NC4(CCCC4)SSCCCCCCC(O)C1)CC3=O)C(O)C1OC3CCCC3CCC21. The lowest BCUT2D eigenvalue weighted by Crippen LogP contribution is -2.94. The molecule has 3 aliphatic carbocycles. The maximum Gasteiger partial charge on any atom is 0.342 e. The van der Waals surface area contributed by atoms with Crippen LogP contribution in [0.5, 0.6) is 0 Å². The summed E-state index contributed by atoms with van der Waals surface area (Å²) < 4.78 is 12.9. The zero-order valence-corrected chi connectivity index (χ0v) is 37.8. The minimum Gasteiger partial charge on any atom is -0.462 e. The van der Waals surface area contributed by atoms with E-state index in [0.29, 0.717) is 63.1 Å². The van der Waals surface area contributed by atoms with Crippen molar-refractivity contribution in [1.29, 1.82) is 0 Å². The van der Waals surface area contributed by atoms with Gasteiger partial charge in [0.15, 0.2) is 0 Å². The molecule has 6 fully saturated rings. The van der Waals surface area contributed by atoms with E-state index in [2.05, 4.69) is 20.5 Å². The molecule has 14 heteroatoms. The third-order valence-electron chi connectivity index (χ3n) is 15.7. The van der Waals surface area contributed by atoms with Crippen molar-refractivity contribution in [3.8, 4) is 0 Å². The first-order valence-electron chi connectivity index (χ1n) is 24.0. The van der Waals surface area contributed by atoms with Gasteiger partial charge in [-0.05, 0) is 143 Å². The first kappa shape index (κ1) is 45.7. The van der Waals surface area contributed by atoms with E-state index in [9.17, 15) is 19.8 Å². The van der Waals surface area contributed by atoms with Crippen LogP contribution in [0.15, 0.2) is 0 Å². The Balaban J connectivity index is 1.12. The number of ether oxygens (including phenoxy) is 2. The number of carbonyl (C=O) groups excluding carboxylic acids is 2. The van der Waals surface area contributed by atoms with E-state index in [1.165, 1.54) is 32.6 Å². The molecule has 1 amide bonds. The van der Waals surface area contributed by atoms with E-state index >= 15 is 0 Å². The van der Waals surface area contributed by atoms with E-state index < -0.39 is 12.2 Å². The van der Waals surface area contributed by atoms with E-state index in [1.807, 2.05) is 21.6 Å². The summed E-state index contributed by atoms with van der Waals surface area (Å²) >= 11 is 0. The second-order valence-electron chi connectivity index (χ2n) is 20.3. The average Bonchev–Trinajstić information content (AvgIpc) is 3.88. The molecule has 336 valence electrons. The molecule has 3 saturated carbocycles. The number of nitrogens with zero attached hydrogens (tertiary/aromatic N) is 1. The Morgan fingerprint density at radius 3 is 2.58 bits per heavy atom. The molecule has 0 aromatic carbocycles. The minimum atomic E-state index is -0.635. The Bertz CT molecular complexity index is 1410. The Labute approximate surface area is 362 Å². The lowest BCUT2D eigenvalue weighted by molar-refractivity contribution is -0.699. The number of nitrogens with one attached hydrogen (secondary N) is 2. The number of carbonyl (C=O) groups is 2. The molecule has 0 radical (unpaired) electrons. The van der Waals surface area contributed by atoms with Gasteiger partial charge < -0.3 is 29.9 Å². The quantitative estimate of drug-likeness (QED) is 0.163. The van der Waals surface area contributed by atoms with Crippen LogP contribution in [0.3, 0.4) is 0 Å². The molecular formula is C45H80N6O6S2+2. The summed E-state index contributed by atoms with van der Waals surface area (Å²) in [6.07, 6.45) is 21.0.